The van der Waals surface area contributed by atoms with Gasteiger partial charge in [-0.25, -0.2) is 13.4 Å². The molecule has 1 aliphatic heterocycles. The van der Waals surface area contributed by atoms with Gasteiger partial charge in [0.25, 0.3) is 0 Å². The molecular weight excluding hydrogens is 248 g/mol. The van der Waals surface area contributed by atoms with Gasteiger partial charge in [0.2, 0.25) is 0 Å². The number of H-pyrrole nitrogens is 1. The number of imidazole rings is 1. The number of hydrogen-bond acceptors (Lipinski definition) is 3. The fourth-order valence-electron chi connectivity index (χ4n) is 2.50. The maximum atomic E-state index is 11.5. The fourth-order valence-corrected chi connectivity index (χ4v) is 4.25. The molecule has 1 N–H and O–H groups in total. The summed E-state index contributed by atoms with van der Waals surface area (Å²) in [5.74, 6) is 1.37. The van der Waals surface area contributed by atoms with Gasteiger partial charge in [-0.1, -0.05) is 13.0 Å². The Labute approximate surface area is 106 Å². The monoisotopic (exact) mass is 264 g/mol. The van der Waals surface area contributed by atoms with Crippen molar-refractivity contribution in [2.24, 2.45) is 0 Å². The molecule has 1 saturated heterocycles. The van der Waals surface area contributed by atoms with E-state index in [4.69, 9.17) is 0 Å². The van der Waals surface area contributed by atoms with Crippen LogP contribution in [0, 0.1) is 0 Å². The van der Waals surface area contributed by atoms with E-state index < -0.39 is 9.84 Å². The molecule has 5 heteroatoms. The normalized spacial score (nSPS) is 22.6. The van der Waals surface area contributed by atoms with Crippen molar-refractivity contribution in [2.45, 2.75) is 25.7 Å². The highest BCUT2D eigenvalue weighted by Gasteiger charge is 2.30. The average Bonchev–Trinajstić information content (AvgIpc) is 2.90. The molecule has 0 spiro atoms. The Morgan fingerprint density at radius 1 is 1.44 bits per heavy atom. The second-order valence-corrected chi connectivity index (χ2v) is 7.16. The van der Waals surface area contributed by atoms with E-state index in [-0.39, 0.29) is 17.4 Å². The van der Waals surface area contributed by atoms with Crippen LogP contribution in [0.1, 0.15) is 30.7 Å². The van der Waals surface area contributed by atoms with Gasteiger partial charge >= 0.3 is 0 Å². The van der Waals surface area contributed by atoms with E-state index >= 15 is 0 Å². The Hall–Kier alpha value is -1.36. The molecule has 1 fully saturated rings. The minimum absolute atomic E-state index is 0.0347. The van der Waals surface area contributed by atoms with Crippen LogP contribution in [0.4, 0.5) is 0 Å². The summed E-state index contributed by atoms with van der Waals surface area (Å²) in [4.78, 5) is 7.79. The lowest BCUT2D eigenvalue weighted by atomic mass is 10.1. The predicted molar refractivity (Wildman–Crippen MR) is 71.5 cm³/mol. The lowest BCUT2D eigenvalue weighted by Crippen LogP contribution is -2.04. The zero-order chi connectivity index (χ0) is 12.8. The molecule has 0 aliphatic carbocycles. The van der Waals surface area contributed by atoms with E-state index in [2.05, 4.69) is 29.0 Å². The van der Waals surface area contributed by atoms with Gasteiger partial charge in [-0.2, -0.15) is 0 Å². The number of benzene rings is 1. The first kappa shape index (κ1) is 11.7. The van der Waals surface area contributed by atoms with Crippen LogP contribution >= 0.6 is 0 Å². The topological polar surface area (TPSA) is 62.8 Å². The quantitative estimate of drug-likeness (QED) is 0.902. The predicted octanol–water partition coefficient (Wildman–Crippen LogP) is 2.03. The van der Waals surface area contributed by atoms with Gasteiger partial charge in [0.15, 0.2) is 9.84 Å². The average molecular weight is 264 g/mol. The highest BCUT2D eigenvalue weighted by Crippen LogP contribution is 2.28. The van der Waals surface area contributed by atoms with Crippen LogP contribution in [0.25, 0.3) is 11.0 Å². The third-order valence-corrected chi connectivity index (χ3v) is 5.36. The number of aromatic nitrogens is 2. The summed E-state index contributed by atoms with van der Waals surface area (Å²) in [6, 6.07) is 6.16. The number of aromatic amines is 1. The molecule has 18 heavy (non-hydrogen) atoms. The summed E-state index contributed by atoms with van der Waals surface area (Å²) < 4.78 is 23.0. The Morgan fingerprint density at radius 3 is 2.94 bits per heavy atom. The molecule has 1 aromatic heterocycles. The first-order valence-corrected chi connectivity index (χ1v) is 8.08. The van der Waals surface area contributed by atoms with Crippen molar-refractivity contribution in [3.63, 3.8) is 0 Å². The smallest absolute Gasteiger partial charge is 0.151 e. The highest BCUT2D eigenvalue weighted by atomic mass is 32.2. The molecule has 1 unspecified atom stereocenters. The maximum absolute atomic E-state index is 11.5. The number of sulfone groups is 1. The van der Waals surface area contributed by atoms with Gasteiger partial charge in [-0.05, 0) is 30.5 Å². The summed E-state index contributed by atoms with van der Waals surface area (Å²) in [5, 5.41) is 0. The Bertz CT molecular complexity index is 688. The molecule has 0 saturated carbocycles. The Kier molecular flexibility index (Phi) is 2.66. The van der Waals surface area contributed by atoms with Crippen LogP contribution in [-0.4, -0.2) is 29.9 Å². The molecule has 1 aromatic carbocycles. The lowest BCUT2D eigenvalue weighted by molar-refractivity contribution is 0.601. The summed E-state index contributed by atoms with van der Waals surface area (Å²) in [5.41, 5.74) is 3.19. The SMILES string of the molecule is CCc1ccc2nc(C3CCS(=O)(=O)C3)[nH]c2c1. The lowest BCUT2D eigenvalue weighted by Gasteiger charge is -2.01. The third-order valence-electron chi connectivity index (χ3n) is 3.59. The van der Waals surface area contributed by atoms with Crippen molar-refractivity contribution in [3.05, 3.63) is 29.6 Å². The molecule has 4 nitrogen and oxygen atoms in total. The van der Waals surface area contributed by atoms with Crippen LogP contribution in [0.2, 0.25) is 0 Å². The number of rotatable bonds is 2. The number of nitrogens with one attached hydrogen (secondary N) is 1. The van der Waals surface area contributed by atoms with Crippen molar-refractivity contribution in [3.8, 4) is 0 Å². The standard InChI is InChI=1S/C13H16N2O2S/c1-2-9-3-4-11-12(7-9)15-13(14-11)10-5-6-18(16,17)8-10/h3-4,7,10H,2,5-6,8H2,1H3,(H,14,15). The van der Waals surface area contributed by atoms with Crippen LogP contribution in [-0.2, 0) is 16.3 Å². The van der Waals surface area contributed by atoms with E-state index in [1.165, 1.54) is 5.56 Å². The van der Waals surface area contributed by atoms with E-state index in [9.17, 15) is 8.42 Å². The molecule has 2 aromatic rings. The second kappa shape index (κ2) is 4.09. The Morgan fingerprint density at radius 2 is 2.28 bits per heavy atom. The fraction of sp³-hybridized carbons (Fsp3) is 0.462. The van der Waals surface area contributed by atoms with E-state index in [0.717, 1.165) is 23.3 Å². The van der Waals surface area contributed by atoms with Gasteiger partial charge in [0, 0.05) is 5.92 Å². The molecule has 0 bridgehead atoms. The van der Waals surface area contributed by atoms with Gasteiger partial charge in [-0.3, -0.25) is 0 Å². The van der Waals surface area contributed by atoms with Crippen molar-refractivity contribution >= 4 is 20.9 Å². The van der Waals surface area contributed by atoms with Crippen LogP contribution in [0.3, 0.4) is 0 Å². The van der Waals surface area contributed by atoms with Crippen molar-refractivity contribution in [1.29, 1.82) is 0 Å². The van der Waals surface area contributed by atoms with Gasteiger partial charge < -0.3 is 4.98 Å². The van der Waals surface area contributed by atoms with E-state index in [1.54, 1.807) is 0 Å². The summed E-state index contributed by atoms with van der Waals surface area (Å²) in [6.45, 7) is 2.11. The first-order valence-electron chi connectivity index (χ1n) is 6.26. The number of fused-ring (bicyclic) bond motifs is 1. The van der Waals surface area contributed by atoms with E-state index in [1.807, 2.05) is 6.07 Å². The Balaban J connectivity index is 1.99. The van der Waals surface area contributed by atoms with Gasteiger partial charge in [-0.15, -0.1) is 0 Å². The van der Waals surface area contributed by atoms with Crippen molar-refractivity contribution < 1.29 is 8.42 Å². The van der Waals surface area contributed by atoms with Crippen LogP contribution < -0.4 is 0 Å². The summed E-state index contributed by atoms with van der Waals surface area (Å²) in [6.07, 6.45) is 1.67. The molecule has 0 amide bonds. The second-order valence-electron chi connectivity index (χ2n) is 4.93. The van der Waals surface area contributed by atoms with Crippen molar-refractivity contribution in [1.82, 2.24) is 9.97 Å². The molecule has 0 radical (unpaired) electrons. The molecular formula is C13H16N2O2S. The molecule has 96 valence electrons. The number of aryl methyl sites for hydroxylation is 1. The first-order chi connectivity index (χ1) is 8.57. The largest absolute Gasteiger partial charge is 0.342 e. The summed E-state index contributed by atoms with van der Waals surface area (Å²) in [7, 11) is -2.85. The van der Waals surface area contributed by atoms with Crippen LogP contribution in [0.5, 0.6) is 0 Å². The summed E-state index contributed by atoms with van der Waals surface area (Å²) >= 11 is 0. The van der Waals surface area contributed by atoms with Gasteiger partial charge in [0.05, 0.1) is 22.5 Å². The molecule has 2 heterocycles. The minimum atomic E-state index is -2.85. The minimum Gasteiger partial charge on any atom is -0.342 e. The van der Waals surface area contributed by atoms with Crippen LogP contribution in [0.15, 0.2) is 18.2 Å². The highest BCUT2D eigenvalue weighted by molar-refractivity contribution is 7.91. The number of nitrogens with zero attached hydrogens (tertiary/aromatic N) is 1. The molecule has 1 atom stereocenters. The number of hydrogen-bond donors (Lipinski definition) is 1. The molecule has 3 rings (SSSR count). The van der Waals surface area contributed by atoms with E-state index in [0.29, 0.717) is 6.42 Å². The third kappa shape index (κ3) is 2.03. The van der Waals surface area contributed by atoms with Gasteiger partial charge in [0.1, 0.15) is 5.82 Å². The van der Waals surface area contributed by atoms with Crippen molar-refractivity contribution in [2.75, 3.05) is 11.5 Å². The molecule has 1 aliphatic rings. The maximum Gasteiger partial charge on any atom is 0.151 e. The zero-order valence-electron chi connectivity index (χ0n) is 10.3. The zero-order valence-corrected chi connectivity index (χ0v) is 11.1.